The second-order valence-corrected chi connectivity index (χ2v) is 10.3. The van der Waals surface area contributed by atoms with Crippen molar-refractivity contribution in [1.82, 2.24) is 4.72 Å². The number of carbonyl (C=O) groups is 1. The minimum Gasteiger partial charge on any atom is -0.268 e. The van der Waals surface area contributed by atoms with Crippen LogP contribution >= 0.6 is 0 Å². The van der Waals surface area contributed by atoms with Gasteiger partial charge < -0.3 is 0 Å². The first-order valence-electron chi connectivity index (χ1n) is 8.22. The fraction of sp³-hybridized carbons (Fsp3) is 0.211. The number of nitrogens with two attached hydrogens (primary N) is 1. The zero-order valence-corrected chi connectivity index (χ0v) is 17.5. The molecule has 0 aromatic heterocycles. The lowest BCUT2D eigenvalue weighted by atomic mass is 9.97. The van der Waals surface area contributed by atoms with Gasteiger partial charge in [0.2, 0.25) is 10.0 Å². The number of carbonyl (C=O) groups excluding carboxylic acids is 1. The molecule has 0 unspecified atom stereocenters. The highest BCUT2D eigenvalue weighted by Gasteiger charge is 2.27. The Hall–Kier alpha value is -2.74. The Balaban J connectivity index is 2.37. The SMILES string of the molecule is CC(C)(C)C#Cc1ccc(C(=O)NS(=O)(=O)c2ccccc2S(N)(=O)=O)c(F)c1. The summed E-state index contributed by atoms with van der Waals surface area (Å²) in [6.07, 6.45) is 0. The molecular formula is C19H19FN2O5S2. The van der Waals surface area contributed by atoms with E-state index in [4.69, 9.17) is 5.14 Å². The molecule has 0 aliphatic carbocycles. The van der Waals surface area contributed by atoms with E-state index in [1.165, 1.54) is 18.2 Å². The van der Waals surface area contributed by atoms with Crippen LogP contribution in [-0.4, -0.2) is 22.7 Å². The normalized spacial score (nSPS) is 12.0. The maximum atomic E-state index is 14.3. The smallest absolute Gasteiger partial charge is 0.267 e. The van der Waals surface area contributed by atoms with Gasteiger partial charge in [-0.05, 0) is 51.1 Å². The highest BCUT2D eigenvalue weighted by molar-refractivity contribution is 7.92. The maximum Gasteiger partial charge on any atom is 0.267 e. The maximum absolute atomic E-state index is 14.3. The minimum absolute atomic E-state index is 0.308. The highest BCUT2D eigenvalue weighted by Crippen LogP contribution is 2.20. The van der Waals surface area contributed by atoms with Crippen molar-refractivity contribution in [2.45, 2.75) is 30.6 Å². The van der Waals surface area contributed by atoms with Gasteiger partial charge in [0.1, 0.15) is 15.6 Å². The summed E-state index contributed by atoms with van der Waals surface area (Å²) in [6, 6.07) is 7.97. The molecule has 154 valence electrons. The zero-order chi connectivity index (χ0) is 22.0. The van der Waals surface area contributed by atoms with Crippen molar-refractivity contribution in [3.05, 3.63) is 59.4 Å². The predicted molar refractivity (Wildman–Crippen MR) is 105 cm³/mol. The molecule has 0 saturated carbocycles. The van der Waals surface area contributed by atoms with E-state index in [0.29, 0.717) is 5.56 Å². The van der Waals surface area contributed by atoms with Crippen LogP contribution in [-0.2, 0) is 20.0 Å². The van der Waals surface area contributed by atoms with E-state index in [1.54, 1.807) is 4.72 Å². The Morgan fingerprint density at radius 3 is 2.14 bits per heavy atom. The number of nitrogens with one attached hydrogen (secondary N) is 1. The molecule has 29 heavy (non-hydrogen) atoms. The number of amides is 1. The molecule has 0 radical (unpaired) electrons. The molecule has 3 N–H and O–H groups in total. The molecule has 0 aliphatic heterocycles. The van der Waals surface area contributed by atoms with Crippen molar-refractivity contribution < 1.29 is 26.0 Å². The second-order valence-electron chi connectivity index (χ2n) is 7.12. The minimum atomic E-state index is -4.63. The molecule has 0 atom stereocenters. The molecule has 0 spiro atoms. The Kier molecular flexibility index (Phi) is 6.18. The summed E-state index contributed by atoms with van der Waals surface area (Å²) in [6.45, 7) is 5.63. The van der Waals surface area contributed by atoms with Gasteiger partial charge in [-0.2, -0.15) is 0 Å². The Morgan fingerprint density at radius 2 is 1.62 bits per heavy atom. The van der Waals surface area contributed by atoms with Crippen LogP contribution in [0, 0.1) is 23.1 Å². The quantitative estimate of drug-likeness (QED) is 0.707. The van der Waals surface area contributed by atoms with E-state index in [-0.39, 0.29) is 5.41 Å². The van der Waals surface area contributed by atoms with Gasteiger partial charge in [0.25, 0.3) is 15.9 Å². The molecule has 0 heterocycles. The van der Waals surface area contributed by atoms with Gasteiger partial charge in [-0.3, -0.25) is 4.79 Å². The summed E-state index contributed by atoms with van der Waals surface area (Å²) in [4.78, 5) is 10.9. The summed E-state index contributed by atoms with van der Waals surface area (Å²) in [7, 11) is -9.00. The molecule has 1 amide bonds. The largest absolute Gasteiger partial charge is 0.268 e. The highest BCUT2D eigenvalue weighted by atomic mass is 32.2. The molecule has 2 aromatic carbocycles. The van der Waals surface area contributed by atoms with Crippen LogP contribution < -0.4 is 9.86 Å². The van der Waals surface area contributed by atoms with Gasteiger partial charge in [0.05, 0.1) is 5.56 Å². The van der Waals surface area contributed by atoms with Crippen molar-refractivity contribution in [1.29, 1.82) is 0 Å². The van der Waals surface area contributed by atoms with Crippen LogP contribution in [0.2, 0.25) is 0 Å². The average Bonchev–Trinajstić information content (AvgIpc) is 2.58. The lowest BCUT2D eigenvalue weighted by Gasteiger charge is -2.11. The zero-order valence-electron chi connectivity index (χ0n) is 15.9. The lowest BCUT2D eigenvalue weighted by molar-refractivity contribution is 0.0977. The van der Waals surface area contributed by atoms with Gasteiger partial charge in [-0.15, -0.1) is 0 Å². The van der Waals surface area contributed by atoms with Crippen molar-refractivity contribution in [2.24, 2.45) is 10.6 Å². The van der Waals surface area contributed by atoms with Crippen LogP contribution in [0.1, 0.15) is 36.7 Å². The Labute approximate surface area is 169 Å². The third-order valence-electron chi connectivity index (χ3n) is 3.47. The monoisotopic (exact) mass is 438 g/mol. The first kappa shape index (κ1) is 22.5. The van der Waals surface area contributed by atoms with Crippen LogP contribution in [0.5, 0.6) is 0 Å². The van der Waals surface area contributed by atoms with Crippen molar-refractivity contribution in [3.63, 3.8) is 0 Å². The number of benzene rings is 2. The fourth-order valence-corrected chi connectivity index (χ4v) is 4.52. The van der Waals surface area contributed by atoms with Gasteiger partial charge >= 0.3 is 0 Å². The summed E-state index contributed by atoms with van der Waals surface area (Å²) < 4.78 is 64.2. The number of hydrogen-bond donors (Lipinski definition) is 2. The standard InChI is InChI=1S/C19H19FN2O5S2/c1-19(2,3)11-10-13-8-9-14(15(20)12-13)18(23)22-29(26,27)17-7-5-4-6-16(17)28(21,24)25/h4-9,12H,1-3H3,(H,22,23)(H2,21,24,25). The number of rotatable bonds is 4. The fourth-order valence-electron chi connectivity index (χ4n) is 2.18. The topological polar surface area (TPSA) is 123 Å². The van der Waals surface area contributed by atoms with Gasteiger partial charge in [0.15, 0.2) is 0 Å². The molecule has 0 saturated heterocycles. The summed E-state index contributed by atoms with van der Waals surface area (Å²) >= 11 is 0. The Bertz CT molecular complexity index is 1240. The van der Waals surface area contributed by atoms with E-state index in [0.717, 1.165) is 24.3 Å². The van der Waals surface area contributed by atoms with Crippen LogP contribution in [0.15, 0.2) is 52.3 Å². The third-order valence-corrected chi connectivity index (χ3v) is 5.96. The van der Waals surface area contributed by atoms with E-state index in [9.17, 15) is 26.0 Å². The van der Waals surface area contributed by atoms with E-state index in [2.05, 4.69) is 11.8 Å². The average molecular weight is 439 g/mol. The molecule has 2 rings (SSSR count). The number of sulfonamides is 2. The van der Waals surface area contributed by atoms with E-state index in [1.807, 2.05) is 20.8 Å². The molecule has 0 bridgehead atoms. The number of halogens is 1. The van der Waals surface area contributed by atoms with Crippen molar-refractivity contribution in [2.75, 3.05) is 0 Å². The molecule has 0 fully saturated rings. The molecule has 2 aromatic rings. The summed E-state index contributed by atoms with van der Waals surface area (Å²) in [5.41, 5.74) is -0.531. The first-order valence-corrected chi connectivity index (χ1v) is 11.3. The van der Waals surface area contributed by atoms with E-state index >= 15 is 0 Å². The lowest BCUT2D eigenvalue weighted by Crippen LogP contribution is -2.32. The molecular weight excluding hydrogens is 419 g/mol. The van der Waals surface area contributed by atoms with Crippen LogP contribution in [0.4, 0.5) is 4.39 Å². The molecule has 0 aliphatic rings. The van der Waals surface area contributed by atoms with Crippen molar-refractivity contribution >= 4 is 26.0 Å². The van der Waals surface area contributed by atoms with E-state index < -0.39 is 47.1 Å². The van der Waals surface area contributed by atoms with Gasteiger partial charge in [0, 0.05) is 11.0 Å². The number of primary sulfonamides is 1. The van der Waals surface area contributed by atoms with Crippen LogP contribution in [0.25, 0.3) is 0 Å². The molecule has 7 nitrogen and oxygen atoms in total. The summed E-state index contributed by atoms with van der Waals surface area (Å²) in [5, 5.41) is 5.02. The third kappa shape index (κ3) is 5.87. The first-order chi connectivity index (χ1) is 13.2. The number of hydrogen-bond acceptors (Lipinski definition) is 5. The van der Waals surface area contributed by atoms with Crippen molar-refractivity contribution in [3.8, 4) is 11.8 Å². The van der Waals surface area contributed by atoms with Gasteiger partial charge in [-0.1, -0.05) is 24.0 Å². The predicted octanol–water partition coefficient (Wildman–Crippen LogP) is 1.99. The second kappa shape index (κ2) is 7.94. The van der Waals surface area contributed by atoms with Gasteiger partial charge in [-0.25, -0.2) is 31.1 Å². The summed E-state index contributed by atoms with van der Waals surface area (Å²) in [5.74, 6) is 3.45. The van der Waals surface area contributed by atoms with Crippen LogP contribution in [0.3, 0.4) is 0 Å². The molecule has 10 heteroatoms. The Morgan fingerprint density at radius 1 is 1.03 bits per heavy atom.